The van der Waals surface area contributed by atoms with Crippen LogP contribution in [-0.4, -0.2) is 18.5 Å². The van der Waals surface area contributed by atoms with Crippen LogP contribution in [0.1, 0.15) is 11.1 Å². The predicted octanol–water partition coefficient (Wildman–Crippen LogP) is 2.16. The van der Waals surface area contributed by atoms with Crippen LogP contribution in [-0.2, 0) is 11.2 Å². The quantitative estimate of drug-likeness (QED) is 0.750. The number of primary amides is 1. The first-order valence-corrected chi connectivity index (χ1v) is 7.56. The average molecular weight is 340 g/mol. The lowest BCUT2D eigenvalue weighted by Gasteiger charge is -2.15. The minimum absolute atomic E-state index is 0.0382. The van der Waals surface area contributed by atoms with Crippen molar-refractivity contribution in [2.45, 2.75) is 6.42 Å². The molecule has 0 aliphatic carbocycles. The highest BCUT2D eigenvalue weighted by molar-refractivity contribution is 5.89. The zero-order valence-electron chi connectivity index (χ0n) is 13.3. The number of rotatable bonds is 6. The van der Waals surface area contributed by atoms with Gasteiger partial charge in [0.1, 0.15) is 5.82 Å². The van der Waals surface area contributed by atoms with Crippen LogP contribution in [0.5, 0.6) is 0 Å². The van der Waals surface area contributed by atoms with Crippen molar-refractivity contribution in [3.05, 3.63) is 65.5 Å². The highest BCUT2D eigenvalue weighted by Gasteiger charge is 2.17. The van der Waals surface area contributed by atoms with Gasteiger partial charge < -0.3 is 16.4 Å². The molecular formula is C18H17FN4O2. The number of carbonyl (C=O) groups excluding carboxylic acids is 2. The normalized spacial score (nSPS) is 11.2. The standard InChI is InChI=1S/C18H17FN4O2/c19-15-6-4-12(5-7-15)8-14(17(21)24)11-22-18(25)23-16-3-1-2-13(9-16)10-20/h1-7,9,14H,8,11H2,(H2,21,24)(H2,22,23,25)/t14-/m1/s1. The minimum atomic E-state index is -0.623. The number of nitrogens with two attached hydrogens (primary N) is 1. The molecule has 0 heterocycles. The maximum absolute atomic E-state index is 12.9. The number of nitrogens with zero attached hydrogens (tertiary/aromatic N) is 1. The zero-order chi connectivity index (χ0) is 18.2. The fraction of sp³-hybridized carbons (Fsp3) is 0.167. The van der Waals surface area contributed by atoms with Crippen LogP contribution in [0.3, 0.4) is 0 Å². The summed E-state index contributed by atoms with van der Waals surface area (Å²) in [5, 5.41) is 14.0. The topological polar surface area (TPSA) is 108 Å². The van der Waals surface area contributed by atoms with Crippen molar-refractivity contribution in [2.75, 3.05) is 11.9 Å². The lowest BCUT2D eigenvalue weighted by atomic mass is 9.98. The fourth-order valence-electron chi connectivity index (χ4n) is 2.24. The SMILES string of the molecule is N#Cc1cccc(NC(=O)NC[C@@H](Cc2ccc(F)cc2)C(N)=O)c1. The number of nitriles is 1. The molecule has 0 spiro atoms. The molecule has 4 N–H and O–H groups in total. The Balaban J connectivity index is 1.91. The Labute approximate surface area is 144 Å². The molecule has 0 unspecified atom stereocenters. The van der Waals surface area contributed by atoms with Gasteiger partial charge in [0, 0.05) is 12.2 Å². The molecule has 0 saturated carbocycles. The zero-order valence-corrected chi connectivity index (χ0v) is 13.3. The Bertz CT molecular complexity index is 799. The summed E-state index contributed by atoms with van der Waals surface area (Å²) in [6.07, 6.45) is 0.291. The summed E-state index contributed by atoms with van der Waals surface area (Å²) in [5.41, 5.74) is 7.00. The van der Waals surface area contributed by atoms with Gasteiger partial charge in [0.05, 0.1) is 17.6 Å². The Morgan fingerprint density at radius 2 is 1.92 bits per heavy atom. The fourth-order valence-corrected chi connectivity index (χ4v) is 2.24. The molecule has 2 rings (SSSR count). The maximum atomic E-state index is 12.9. The number of nitrogens with one attached hydrogen (secondary N) is 2. The van der Waals surface area contributed by atoms with Gasteiger partial charge in [0.15, 0.2) is 0 Å². The molecule has 128 valence electrons. The lowest BCUT2D eigenvalue weighted by Crippen LogP contribution is -2.39. The molecule has 0 bridgehead atoms. The van der Waals surface area contributed by atoms with Gasteiger partial charge >= 0.3 is 6.03 Å². The molecule has 0 aromatic heterocycles. The minimum Gasteiger partial charge on any atom is -0.369 e. The van der Waals surface area contributed by atoms with Gasteiger partial charge in [-0.3, -0.25) is 4.79 Å². The van der Waals surface area contributed by atoms with E-state index in [2.05, 4.69) is 10.6 Å². The van der Waals surface area contributed by atoms with Gasteiger partial charge in [0.2, 0.25) is 5.91 Å². The van der Waals surface area contributed by atoms with E-state index in [1.165, 1.54) is 18.2 Å². The molecular weight excluding hydrogens is 323 g/mol. The van der Waals surface area contributed by atoms with Crippen LogP contribution in [0.4, 0.5) is 14.9 Å². The summed E-state index contributed by atoms with van der Waals surface area (Å²) in [6.45, 7) is 0.0382. The molecule has 7 heteroatoms. The van der Waals surface area contributed by atoms with Crippen molar-refractivity contribution >= 4 is 17.6 Å². The van der Waals surface area contributed by atoms with Crippen LogP contribution >= 0.6 is 0 Å². The van der Waals surface area contributed by atoms with E-state index in [0.717, 1.165) is 5.56 Å². The number of hydrogen-bond acceptors (Lipinski definition) is 3. The molecule has 6 nitrogen and oxygen atoms in total. The maximum Gasteiger partial charge on any atom is 0.319 e. The number of carbonyl (C=O) groups is 2. The average Bonchev–Trinajstić information content (AvgIpc) is 2.60. The second-order valence-corrected chi connectivity index (χ2v) is 5.46. The highest BCUT2D eigenvalue weighted by atomic mass is 19.1. The largest absolute Gasteiger partial charge is 0.369 e. The van der Waals surface area contributed by atoms with E-state index in [1.54, 1.807) is 30.3 Å². The molecule has 25 heavy (non-hydrogen) atoms. The first-order chi connectivity index (χ1) is 12.0. The van der Waals surface area contributed by atoms with E-state index in [0.29, 0.717) is 17.7 Å². The van der Waals surface area contributed by atoms with E-state index < -0.39 is 17.9 Å². The Hall–Kier alpha value is -3.40. The van der Waals surface area contributed by atoms with Crippen molar-refractivity contribution in [3.8, 4) is 6.07 Å². The summed E-state index contributed by atoms with van der Waals surface area (Å²) in [5.74, 6) is -1.55. The molecule has 2 aromatic rings. The third kappa shape index (κ3) is 5.62. The van der Waals surface area contributed by atoms with Crippen molar-refractivity contribution in [3.63, 3.8) is 0 Å². The van der Waals surface area contributed by atoms with Crippen LogP contribution in [0.15, 0.2) is 48.5 Å². The Kier molecular flexibility index (Phi) is 6.07. The molecule has 0 fully saturated rings. The number of benzene rings is 2. The third-order valence-corrected chi connectivity index (χ3v) is 3.56. The molecule has 0 aliphatic heterocycles. The van der Waals surface area contributed by atoms with Crippen molar-refractivity contribution in [1.29, 1.82) is 5.26 Å². The number of urea groups is 1. The monoisotopic (exact) mass is 340 g/mol. The molecule has 0 radical (unpaired) electrons. The molecule has 2 aromatic carbocycles. The summed E-state index contributed by atoms with van der Waals surface area (Å²) < 4.78 is 12.9. The predicted molar refractivity (Wildman–Crippen MR) is 91.0 cm³/mol. The Morgan fingerprint density at radius 1 is 1.20 bits per heavy atom. The van der Waals surface area contributed by atoms with Crippen LogP contribution in [0.25, 0.3) is 0 Å². The van der Waals surface area contributed by atoms with Gasteiger partial charge in [0.25, 0.3) is 0 Å². The number of anilines is 1. The molecule has 1 atom stereocenters. The van der Waals surface area contributed by atoms with Gasteiger partial charge in [-0.2, -0.15) is 5.26 Å². The number of amides is 3. The van der Waals surface area contributed by atoms with E-state index >= 15 is 0 Å². The first kappa shape index (κ1) is 17.9. The second kappa shape index (κ2) is 8.45. The lowest BCUT2D eigenvalue weighted by molar-refractivity contribution is -0.121. The number of hydrogen-bond donors (Lipinski definition) is 3. The first-order valence-electron chi connectivity index (χ1n) is 7.56. The van der Waals surface area contributed by atoms with Crippen LogP contribution in [0, 0.1) is 23.1 Å². The van der Waals surface area contributed by atoms with E-state index in [1.807, 2.05) is 6.07 Å². The van der Waals surface area contributed by atoms with Gasteiger partial charge in [-0.05, 0) is 42.3 Å². The molecule has 0 saturated heterocycles. The number of halogens is 1. The van der Waals surface area contributed by atoms with E-state index in [9.17, 15) is 14.0 Å². The summed E-state index contributed by atoms with van der Waals surface area (Å²) in [6, 6.07) is 13.6. The van der Waals surface area contributed by atoms with Crippen LogP contribution < -0.4 is 16.4 Å². The van der Waals surface area contributed by atoms with Crippen molar-refractivity contribution in [1.82, 2.24) is 5.32 Å². The second-order valence-electron chi connectivity index (χ2n) is 5.46. The summed E-state index contributed by atoms with van der Waals surface area (Å²) in [7, 11) is 0. The van der Waals surface area contributed by atoms with Gasteiger partial charge in [-0.15, -0.1) is 0 Å². The van der Waals surface area contributed by atoms with E-state index in [-0.39, 0.29) is 12.4 Å². The van der Waals surface area contributed by atoms with Gasteiger partial charge in [-0.1, -0.05) is 18.2 Å². The van der Waals surface area contributed by atoms with Gasteiger partial charge in [-0.25, -0.2) is 9.18 Å². The molecule has 3 amide bonds. The highest BCUT2D eigenvalue weighted by Crippen LogP contribution is 2.11. The third-order valence-electron chi connectivity index (χ3n) is 3.56. The smallest absolute Gasteiger partial charge is 0.319 e. The van der Waals surface area contributed by atoms with Crippen molar-refractivity contribution in [2.24, 2.45) is 11.7 Å². The molecule has 0 aliphatic rings. The van der Waals surface area contributed by atoms with Crippen LogP contribution in [0.2, 0.25) is 0 Å². The summed E-state index contributed by atoms with van der Waals surface area (Å²) in [4.78, 5) is 23.5. The van der Waals surface area contributed by atoms with Crippen molar-refractivity contribution < 1.29 is 14.0 Å². The Morgan fingerprint density at radius 3 is 2.56 bits per heavy atom. The summed E-state index contributed by atoms with van der Waals surface area (Å²) >= 11 is 0. The van der Waals surface area contributed by atoms with E-state index in [4.69, 9.17) is 11.0 Å².